The first-order valence-corrected chi connectivity index (χ1v) is 10.6. The van der Waals surface area contributed by atoms with Gasteiger partial charge in [-0.25, -0.2) is 8.78 Å². The molecule has 0 aromatic heterocycles. The normalized spacial score (nSPS) is 27.5. The number of hydrogen-bond donors (Lipinski definition) is 0. The Bertz CT molecular complexity index is 653. The van der Waals surface area contributed by atoms with E-state index in [1.807, 2.05) is 0 Å². The number of halogens is 5. The molecular weight excluding hydrogens is 391 g/mol. The summed E-state index contributed by atoms with van der Waals surface area (Å²) in [5, 5.41) is 0. The highest BCUT2D eigenvalue weighted by atomic mass is 19.4. The molecule has 2 nitrogen and oxygen atoms in total. The van der Waals surface area contributed by atoms with Crippen LogP contribution in [0, 0.1) is 23.5 Å². The molecule has 0 aliphatic heterocycles. The van der Waals surface area contributed by atoms with Crippen LogP contribution in [0.3, 0.4) is 0 Å². The van der Waals surface area contributed by atoms with Crippen molar-refractivity contribution in [2.24, 2.45) is 11.8 Å². The van der Waals surface area contributed by atoms with E-state index in [1.54, 1.807) is 0 Å². The van der Waals surface area contributed by atoms with Gasteiger partial charge in [0.1, 0.15) is 0 Å². The van der Waals surface area contributed by atoms with Crippen LogP contribution >= 0.6 is 0 Å². The van der Waals surface area contributed by atoms with Crippen molar-refractivity contribution in [3.8, 4) is 5.75 Å². The Balaban J connectivity index is 1.58. The molecule has 0 heterocycles. The van der Waals surface area contributed by atoms with Gasteiger partial charge in [0.2, 0.25) is 5.75 Å². The van der Waals surface area contributed by atoms with Crippen molar-refractivity contribution in [2.75, 3.05) is 6.61 Å². The largest absolute Gasteiger partial charge is 0.573 e. The van der Waals surface area contributed by atoms with Crippen molar-refractivity contribution in [2.45, 2.75) is 83.1 Å². The Morgan fingerprint density at radius 2 is 1.59 bits per heavy atom. The molecule has 2 saturated carbocycles. The van der Waals surface area contributed by atoms with Gasteiger partial charge in [0.15, 0.2) is 11.6 Å². The number of rotatable bonds is 7. The van der Waals surface area contributed by atoms with Gasteiger partial charge in [0.25, 0.3) is 0 Å². The van der Waals surface area contributed by atoms with Crippen molar-refractivity contribution < 1.29 is 31.4 Å². The van der Waals surface area contributed by atoms with Crippen LogP contribution in [0.25, 0.3) is 0 Å². The van der Waals surface area contributed by atoms with Gasteiger partial charge in [0, 0.05) is 6.61 Å². The van der Waals surface area contributed by atoms with Crippen molar-refractivity contribution >= 4 is 0 Å². The van der Waals surface area contributed by atoms with E-state index < -0.39 is 23.7 Å². The monoisotopic (exact) mass is 420 g/mol. The molecule has 1 aromatic rings. The molecule has 1 aromatic carbocycles. The molecule has 0 amide bonds. The summed E-state index contributed by atoms with van der Waals surface area (Å²) in [5.74, 6) is -3.00. The van der Waals surface area contributed by atoms with Gasteiger partial charge in [-0.1, -0.05) is 19.8 Å². The molecule has 0 spiro atoms. The molecule has 0 radical (unpaired) electrons. The lowest BCUT2D eigenvalue weighted by Gasteiger charge is -2.42. The van der Waals surface area contributed by atoms with Crippen molar-refractivity contribution in [1.29, 1.82) is 0 Å². The Morgan fingerprint density at radius 3 is 2.24 bits per heavy atom. The fourth-order valence-corrected chi connectivity index (χ4v) is 4.93. The van der Waals surface area contributed by atoms with E-state index in [-0.39, 0.29) is 5.92 Å². The average Bonchev–Trinajstić information content (AvgIpc) is 2.66. The molecule has 2 fully saturated rings. The van der Waals surface area contributed by atoms with Crippen LogP contribution in [-0.4, -0.2) is 19.1 Å². The molecule has 7 heteroatoms. The van der Waals surface area contributed by atoms with Crippen LogP contribution in [-0.2, 0) is 4.74 Å². The third kappa shape index (κ3) is 6.06. The molecule has 2 aliphatic carbocycles. The fourth-order valence-electron chi connectivity index (χ4n) is 4.93. The maximum absolute atomic E-state index is 14.1. The number of fused-ring (bicyclic) bond motifs is 1. The molecule has 164 valence electrons. The number of benzene rings is 1. The molecule has 2 aliphatic rings. The van der Waals surface area contributed by atoms with Gasteiger partial charge in [-0.3, -0.25) is 0 Å². The Morgan fingerprint density at radius 1 is 0.931 bits per heavy atom. The standard InChI is InChI=1S/C22H29F5O2/c1-2-3-4-9-28-18-8-7-14-10-15(5-6-16(14)11-18)17-12-19(23)21(20(24)13-17)29-22(25,26)27/h12-16,18H,2-11H2,1H3. The van der Waals surface area contributed by atoms with E-state index in [9.17, 15) is 22.0 Å². The zero-order chi connectivity index (χ0) is 21.0. The highest BCUT2D eigenvalue weighted by molar-refractivity contribution is 5.33. The third-order valence-electron chi connectivity index (χ3n) is 6.38. The zero-order valence-electron chi connectivity index (χ0n) is 16.7. The van der Waals surface area contributed by atoms with Crippen LogP contribution < -0.4 is 4.74 Å². The van der Waals surface area contributed by atoms with Crippen molar-refractivity contribution in [3.05, 3.63) is 29.3 Å². The SMILES string of the molecule is CCCCCOC1CCC2CC(c3cc(F)c(OC(F)(F)F)c(F)c3)CCC2C1. The first-order valence-electron chi connectivity index (χ1n) is 10.6. The molecule has 3 rings (SSSR count). The number of hydrogen-bond acceptors (Lipinski definition) is 2. The molecule has 4 unspecified atom stereocenters. The molecule has 29 heavy (non-hydrogen) atoms. The predicted molar refractivity (Wildman–Crippen MR) is 99.7 cm³/mol. The predicted octanol–water partition coefficient (Wildman–Crippen LogP) is 7.12. The van der Waals surface area contributed by atoms with E-state index in [0.717, 1.165) is 63.7 Å². The van der Waals surface area contributed by atoms with Crippen LogP contribution in [0.2, 0.25) is 0 Å². The Kier molecular flexibility index (Phi) is 7.41. The summed E-state index contributed by atoms with van der Waals surface area (Å²) < 4.78 is 74.6. The van der Waals surface area contributed by atoms with Crippen LogP contribution in [0.5, 0.6) is 5.75 Å². The van der Waals surface area contributed by atoms with E-state index in [4.69, 9.17) is 4.74 Å². The lowest BCUT2D eigenvalue weighted by atomic mass is 9.65. The van der Waals surface area contributed by atoms with Crippen LogP contribution in [0.15, 0.2) is 12.1 Å². The third-order valence-corrected chi connectivity index (χ3v) is 6.38. The number of ether oxygens (including phenoxy) is 2. The van der Waals surface area contributed by atoms with Crippen LogP contribution in [0.1, 0.15) is 76.2 Å². The summed E-state index contributed by atoms with van der Waals surface area (Å²) in [6.07, 6.45) is 4.23. The fraction of sp³-hybridized carbons (Fsp3) is 0.727. The topological polar surface area (TPSA) is 18.5 Å². The lowest BCUT2D eigenvalue weighted by molar-refractivity contribution is -0.276. The van der Waals surface area contributed by atoms with E-state index in [1.165, 1.54) is 12.8 Å². The van der Waals surface area contributed by atoms with Gasteiger partial charge in [-0.05, 0) is 80.4 Å². The second kappa shape index (κ2) is 9.63. The van der Waals surface area contributed by atoms with Gasteiger partial charge < -0.3 is 9.47 Å². The van der Waals surface area contributed by atoms with E-state index in [2.05, 4.69) is 11.7 Å². The highest BCUT2D eigenvalue weighted by Crippen LogP contribution is 2.47. The minimum absolute atomic E-state index is 0.0396. The molecule has 0 saturated heterocycles. The van der Waals surface area contributed by atoms with Gasteiger partial charge in [-0.2, -0.15) is 0 Å². The zero-order valence-corrected chi connectivity index (χ0v) is 16.7. The molecule has 0 N–H and O–H groups in total. The van der Waals surface area contributed by atoms with Gasteiger partial charge in [-0.15, -0.1) is 13.2 Å². The minimum atomic E-state index is -5.13. The Hall–Kier alpha value is -1.37. The lowest BCUT2D eigenvalue weighted by Crippen LogP contribution is -2.34. The second-order valence-electron chi connectivity index (χ2n) is 8.40. The highest BCUT2D eigenvalue weighted by Gasteiger charge is 2.38. The summed E-state index contributed by atoms with van der Waals surface area (Å²) in [4.78, 5) is 0. The molecule has 4 atom stereocenters. The summed E-state index contributed by atoms with van der Waals surface area (Å²) in [6, 6.07) is 2.00. The average molecular weight is 420 g/mol. The summed E-state index contributed by atoms with van der Waals surface area (Å²) in [7, 11) is 0. The van der Waals surface area contributed by atoms with Crippen molar-refractivity contribution in [1.82, 2.24) is 0 Å². The molecule has 0 bridgehead atoms. The number of unbranched alkanes of at least 4 members (excludes halogenated alkanes) is 2. The number of alkyl halides is 3. The van der Waals surface area contributed by atoms with Crippen LogP contribution in [0.4, 0.5) is 22.0 Å². The minimum Gasteiger partial charge on any atom is -0.399 e. The summed E-state index contributed by atoms with van der Waals surface area (Å²) in [6.45, 7) is 2.97. The van der Waals surface area contributed by atoms with Gasteiger partial charge in [0.05, 0.1) is 6.10 Å². The van der Waals surface area contributed by atoms with Crippen molar-refractivity contribution in [3.63, 3.8) is 0 Å². The van der Waals surface area contributed by atoms with E-state index in [0.29, 0.717) is 23.5 Å². The summed E-state index contributed by atoms with van der Waals surface area (Å²) >= 11 is 0. The second-order valence-corrected chi connectivity index (χ2v) is 8.40. The molecular formula is C22H29F5O2. The maximum Gasteiger partial charge on any atom is 0.573 e. The maximum atomic E-state index is 14.1. The first-order chi connectivity index (χ1) is 13.8. The van der Waals surface area contributed by atoms with Gasteiger partial charge >= 0.3 is 6.36 Å². The summed E-state index contributed by atoms with van der Waals surface area (Å²) in [5.41, 5.74) is 0.422. The van der Waals surface area contributed by atoms with E-state index >= 15 is 0 Å². The first kappa shape index (κ1) is 22.3. The smallest absolute Gasteiger partial charge is 0.399 e. The Labute approximate surface area is 168 Å². The quantitative estimate of drug-likeness (QED) is 0.345.